The van der Waals surface area contributed by atoms with Gasteiger partial charge in [0.2, 0.25) is 0 Å². The highest BCUT2D eigenvalue weighted by molar-refractivity contribution is 5.77. The van der Waals surface area contributed by atoms with Crippen LogP contribution in [0.1, 0.15) is 68.9 Å². The summed E-state index contributed by atoms with van der Waals surface area (Å²) < 4.78 is 5.53. The molecular weight excluding hydrogens is 308 g/mol. The molecule has 2 N–H and O–H groups in total. The van der Waals surface area contributed by atoms with Gasteiger partial charge < -0.3 is 15.2 Å². The van der Waals surface area contributed by atoms with Crippen molar-refractivity contribution in [2.45, 2.75) is 69.5 Å². The normalized spacial score (nSPS) is 32.3. The molecule has 3 heterocycles. The molecule has 1 aromatic heterocycles. The van der Waals surface area contributed by atoms with Crippen LogP contribution < -0.4 is 5.73 Å². The number of amides is 2. The van der Waals surface area contributed by atoms with Crippen LogP contribution >= 0.6 is 0 Å². The molecule has 0 unspecified atom stereocenters. The molecular formula is C17H26N4O3. The van der Waals surface area contributed by atoms with Gasteiger partial charge >= 0.3 is 6.03 Å². The summed E-state index contributed by atoms with van der Waals surface area (Å²) in [6, 6.07) is 2.44. The van der Waals surface area contributed by atoms with E-state index in [0.717, 1.165) is 50.0 Å². The lowest BCUT2D eigenvalue weighted by molar-refractivity contribution is -0.130. The number of carbonyl (C=O) groups excluding carboxylic acids is 1. The molecule has 2 aliphatic heterocycles. The molecule has 3 aliphatic rings. The fourth-order valence-corrected chi connectivity index (χ4v) is 3.96. The number of unbranched alkanes of at least 4 members (excludes halogenated alkanes) is 1. The molecule has 7 nitrogen and oxygen atoms in total. The number of nitrogens with two attached hydrogens (primary N) is 1. The number of fused-ring (bicyclic) bond motifs is 2. The van der Waals surface area contributed by atoms with E-state index in [-0.39, 0.29) is 24.2 Å². The zero-order valence-electron chi connectivity index (χ0n) is 14.2. The van der Waals surface area contributed by atoms with Crippen LogP contribution in [0.15, 0.2) is 10.6 Å². The van der Waals surface area contributed by atoms with Crippen molar-refractivity contribution >= 4 is 6.03 Å². The topological polar surface area (TPSA) is 84.8 Å². The maximum absolute atomic E-state index is 12.7. The molecule has 2 bridgehead atoms. The van der Waals surface area contributed by atoms with Crippen molar-refractivity contribution in [1.29, 1.82) is 0 Å². The molecule has 0 radical (unpaired) electrons. The van der Waals surface area contributed by atoms with Crippen molar-refractivity contribution in [1.82, 2.24) is 15.1 Å². The lowest BCUT2D eigenvalue weighted by Crippen LogP contribution is -2.35. The van der Waals surface area contributed by atoms with Crippen LogP contribution in [0.25, 0.3) is 0 Å². The number of hydroxylamine groups is 2. The number of hydrogen-bond acceptors (Lipinski definition) is 5. The van der Waals surface area contributed by atoms with E-state index in [1.54, 1.807) is 5.06 Å². The van der Waals surface area contributed by atoms with Crippen LogP contribution in [-0.4, -0.2) is 46.4 Å². The minimum Gasteiger partial charge on any atom is -0.361 e. The molecule has 3 fully saturated rings. The van der Waals surface area contributed by atoms with Crippen LogP contribution in [0, 0.1) is 0 Å². The van der Waals surface area contributed by atoms with Gasteiger partial charge in [-0.05, 0) is 32.1 Å². The number of hydrogen-bond donors (Lipinski definition) is 1. The zero-order chi connectivity index (χ0) is 16.7. The molecule has 7 heteroatoms. The number of nitrogens with zero attached hydrogens (tertiary/aromatic N) is 3. The van der Waals surface area contributed by atoms with E-state index in [1.807, 2.05) is 11.0 Å². The molecule has 4 rings (SSSR count). The molecule has 0 spiro atoms. The first-order chi connectivity index (χ1) is 11.7. The second-order valence-corrected chi connectivity index (χ2v) is 7.28. The Morgan fingerprint density at radius 3 is 3.00 bits per heavy atom. The highest BCUT2D eigenvalue weighted by atomic mass is 16.7. The van der Waals surface area contributed by atoms with Crippen LogP contribution in [0.2, 0.25) is 0 Å². The summed E-state index contributed by atoms with van der Waals surface area (Å²) in [7, 11) is 0. The van der Waals surface area contributed by atoms with E-state index >= 15 is 0 Å². The van der Waals surface area contributed by atoms with Gasteiger partial charge in [0.15, 0.2) is 0 Å². The van der Waals surface area contributed by atoms with Crippen LogP contribution in [-0.2, 0) is 4.84 Å². The molecule has 0 aromatic carbocycles. The molecule has 2 atom stereocenters. The Morgan fingerprint density at radius 2 is 2.25 bits per heavy atom. The maximum atomic E-state index is 12.7. The van der Waals surface area contributed by atoms with E-state index in [2.05, 4.69) is 12.1 Å². The van der Waals surface area contributed by atoms with Gasteiger partial charge in [-0.15, -0.1) is 0 Å². The quantitative estimate of drug-likeness (QED) is 0.808. The van der Waals surface area contributed by atoms with Gasteiger partial charge in [-0.1, -0.05) is 18.5 Å². The molecule has 132 valence electrons. The van der Waals surface area contributed by atoms with E-state index in [1.165, 1.54) is 0 Å². The number of rotatable bonds is 6. The van der Waals surface area contributed by atoms with E-state index < -0.39 is 0 Å². The Labute approximate surface area is 142 Å². The first-order valence-corrected chi connectivity index (χ1v) is 9.12. The van der Waals surface area contributed by atoms with Crippen molar-refractivity contribution < 1.29 is 14.2 Å². The van der Waals surface area contributed by atoms with Crippen LogP contribution in [0.4, 0.5) is 4.79 Å². The van der Waals surface area contributed by atoms with Crippen molar-refractivity contribution in [2.75, 3.05) is 13.2 Å². The Balaban J connectivity index is 1.43. The fourth-order valence-electron chi connectivity index (χ4n) is 3.96. The van der Waals surface area contributed by atoms with Gasteiger partial charge in [-0.25, -0.2) is 4.79 Å². The van der Waals surface area contributed by atoms with Gasteiger partial charge in [-0.2, -0.15) is 5.06 Å². The summed E-state index contributed by atoms with van der Waals surface area (Å²) >= 11 is 0. The maximum Gasteiger partial charge on any atom is 0.344 e. The monoisotopic (exact) mass is 334 g/mol. The lowest BCUT2D eigenvalue weighted by atomic mass is 9.79. The molecule has 2 saturated heterocycles. The lowest BCUT2D eigenvalue weighted by Gasteiger charge is -2.30. The Morgan fingerprint density at radius 1 is 1.42 bits per heavy atom. The van der Waals surface area contributed by atoms with Gasteiger partial charge in [0, 0.05) is 24.6 Å². The van der Waals surface area contributed by atoms with E-state index in [9.17, 15) is 4.79 Å². The predicted molar refractivity (Wildman–Crippen MR) is 87.0 cm³/mol. The van der Waals surface area contributed by atoms with Crippen LogP contribution in [0.5, 0.6) is 0 Å². The van der Waals surface area contributed by atoms with Gasteiger partial charge in [0.1, 0.15) is 11.5 Å². The standard InChI is InChI=1S/C17H26N4O3/c1-2-3-6-23-21-13-4-5-15(20(10-13)17(21)22)14-9-16(24-19-14)11-7-12(18)8-11/h9,11-13,15H,2-8,10,18H2,1H3/t11-,12+,13-,15-/m0/s1. The molecule has 1 aromatic rings. The average molecular weight is 334 g/mol. The highest BCUT2D eigenvalue weighted by Crippen LogP contribution is 2.41. The summed E-state index contributed by atoms with van der Waals surface area (Å²) in [4.78, 5) is 20.3. The van der Waals surface area contributed by atoms with Gasteiger partial charge in [0.05, 0.1) is 18.7 Å². The predicted octanol–water partition coefficient (Wildman–Crippen LogP) is 2.55. The molecule has 2 amide bonds. The summed E-state index contributed by atoms with van der Waals surface area (Å²) in [5.41, 5.74) is 6.72. The van der Waals surface area contributed by atoms with Crippen molar-refractivity contribution in [3.63, 3.8) is 0 Å². The minimum absolute atomic E-state index is 0.000208. The number of aromatic nitrogens is 1. The van der Waals surface area contributed by atoms with Crippen molar-refractivity contribution in [3.8, 4) is 0 Å². The Hall–Kier alpha value is -1.60. The van der Waals surface area contributed by atoms with E-state index in [4.69, 9.17) is 15.1 Å². The SMILES string of the molecule is CCCCON1C(=O)N2C[C@@H]1CC[C@H]2c1cc([C@H]2C[C@@H](N)C2)on1. The highest BCUT2D eigenvalue weighted by Gasteiger charge is 2.47. The first-order valence-electron chi connectivity index (χ1n) is 9.12. The number of carbonyl (C=O) groups is 1. The summed E-state index contributed by atoms with van der Waals surface area (Å²) in [5.74, 6) is 1.30. The fraction of sp³-hybridized carbons (Fsp3) is 0.765. The van der Waals surface area contributed by atoms with Crippen molar-refractivity contribution in [2.24, 2.45) is 5.73 Å². The first kappa shape index (κ1) is 15.9. The summed E-state index contributed by atoms with van der Waals surface area (Å²) in [5, 5.41) is 5.84. The van der Waals surface area contributed by atoms with Gasteiger partial charge in [-0.3, -0.25) is 4.84 Å². The van der Waals surface area contributed by atoms with Gasteiger partial charge in [0.25, 0.3) is 0 Å². The molecule has 1 aliphatic carbocycles. The second kappa shape index (κ2) is 6.37. The summed E-state index contributed by atoms with van der Waals surface area (Å²) in [6.45, 7) is 3.43. The number of piperidine rings is 1. The largest absolute Gasteiger partial charge is 0.361 e. The third-order valence-corrected chi connectivity index (χ3v) is 5.52. The zero-order valence-corrected chi connectivity index (χ0v) is 14.2. The molecule has 1 saturated carbocycles. The van der Waals surface area contributed by atoms with E-state index in [0.29, 0.717) is 19.1 Å². The Bertz CT molecular complexity index is 598. The Kier molecular flexibility index (Phi) is 4.22. The third-order valence-electron chi connectivity index (χ3n) is 5.52. The average Bonchev–Trinajstić information content (AvgIpc) is 3.12. The third kappa shape index (κ3) is 2.69. The summed E-state index contributed by atoms with van der Waals surface area (Å²) in [6.07, 6.45) is 5.80. The van der Waals surface area contributed by atoms with Crippen LogP contribution in [0.3, 0.4) is 0 Å². The number of urea groups is 1. The van der Waals surface area contributed by atoms with Crippen molar-refractivity contribution in [3.05, 3.63) is 17.5 Å². The minimum atomic E-state index is -0.0335. The molecule has 24 heavy (non-hydrogen) atoms. The second-order valence-electron chi connectivity index (χ2n) is 7.28. The smallest absolute Gasteiger partial charge is 0.344 e.